The summed E-state index contributed by atoms with van der Waals surface area (Å²) in [5, 5.41) is 10.3. The summed E-state index contributed by atoms with van der Waals surface area (Å²) < 4.78 is 7.55. The van der Waals surface area contributed by atoms with Crippen LogP contribution >= 0.6 is 12.2 Å². The number of hydrogen-bond acceptors (Lipinski definition) is 4. The van der Waals surface area contributed by atoms with E-state index >= 15 is 0 Å². The third-order valence-corrected chi connectivity index (χ3v) is 5.20. The van der Waals surface area contributed by atoms with Crippen molar-refractivity contribution in [1.29, 1.82) is 0 Å². The zero-order chi connectivity index (χ0) is 20.8. The number of ether oxygens (including phenoxy) is 1. The Morgan fingerprint density at radius 3 is 2.52 bits per heavy atom. The van der Waals surface area contributed by atoms with Crippen LogP contribution in [0, 0.1) is 11.7 Å². The topological polar surface area (TPSA) is 71.9 Å². The Labute approximate surface area is 175 Å². The minimum atomic E-state index is -0.0128. The lowest BCUT2D eigenvalue weighted by Crippen LogP contribution is -2.29. The maximum absolute atomic E-state index is 12.6. The zero-order valence-corrected chi connectivity index (χ0v) is 17.8. The fraction of sp³-hybridized carbons (Fsp3) is 0.318. The van der Waals surface area contributed by atoms with E-state index in [1.807, 2.05) is 28.8 Å². The van der Waals surface area contributed by atoms with Gasteiger partial charge in [-0.2, -0.15) is 5.10 Å². The van der Waals surface area contributed by atoms with E-state index in [0.717, 1.165) is 23.3 Å². The van der Waals surface area contributed by atoms with E-state index in [1.54, 1.807) is 7.11 Å². The summed E-state index contributed by atoms with van der Waals surface area (Å²) in [6.07, 6.45) is 1.15. The highest BCUT2D eigenvalue weighted by atomic mass is 32.1. The molecule has 1 amide bonds. The summed E-state index contributed by atoms with van der Waals surface area (Å²) in [5.41, 5.74) is 3.23. The molecule has 3 rings (SSSR count). The highest BCUT2D eigenvalue weighted by molar-refractivity contribution is 7.71. The number of nitrogens with zero attached hydrogens (tertiary/aromatic N) is 2. The van der Waals surface area contributed by atoms with Crippen LogP contribution in [0.1, 0.15) is 36.9 Å². The van der Waals surface area contributed by atoms with E-state index in [2.05, 4.69) is 53.6 Å². The Bertz CT molecular complexity index is 1010. The molecular formula is C22H26N4O2S. The molecule has 0 bridgehead atoms. The molecule has 0 saturated heterocycles. The number of hydrogen-bond donors (Lipinski definition) is 2. The van der Waals surface area contributed by atoms with Gasteiger partial charge in [-0.25, -0.2) is 0 Å². The summed E-state index contributed by atoms with van der Waals surface area (Å²) in [6.45, 7) is 4.57. The first-order valence-corrected chi connectivity index (χ1v) is 10.1. The fourth-order valence-corrected chi connectivity index (χ4v) is 3.41. The molecule has 1 atom stereocenters. The number of methoxy groups -OCH3 is 1. The molecule has 0 radical (unpaired) electrons. The summed E-state index contributed by atoms with van der Waals surface area (Å²) in [7, 11) is 1.63. The van der Waals surface area contributed by atoms with Crippen molar-refractivity contribution in [2.45, 2.75) is 39.3 Å². The fourth-order valence-electron chi connectivity index (χ4n) is 3.19. The zero-order valence-electron chi connectivity index (χ0n) is 16.9. The van der Waals surface area contributed by atoms with Crippen LogP contribution in [0.4, 0.5) is 0 Å². The maximum Gasteiger partial charge on any atom is 0.222 e. The number of aromatic nitrogens is 3. The number of nitrogens with one attached hydrogen (secondary N) is 2. The number of carbonyl (C=O) groups is 1. The molecule has 0 saturated carbocycles. The molecule has 152 valence electrons. The minimum Gasteiger partial charge on any atom is -0.497 e. The number of amides is 1. The van der Waals surface area contributed by atoms with E-state index in [0.29, 0.717) is 23.6 Å². The second-order valence-corrected chi connectivity index (χ2v) is 7.31. The molecule has 0 aliphatic heterocycles. The van der Waals surface area contributed by atoms with Crippen LogP contribution in [0.3, 0.4) is 0 Å². The van der Waals surface area contributed by atoms with Gasteiger partial charge < -0.3 is 10.1 Å². The number of aryl methyl sites for hydroxylation is 1. The number of benzene rings is 2. The van der Waals surface area contributed by atoms with Crippen molar-refractivity contribution in [3.63, 3.8) is 0 Å². The molecule has 29 heavy (non-hydrogen) atoms. The van der Waals surface area contributed by atoms with Gasteiger partial charge in [-0.15, -0.1) is 0 Å². The highest BCUT2D eigenvalue weighted by Crippen LogP contribution is 2.21. The van der Waals surface area contributed by atoms with E-state index < -0.39 is 0 Å². The van der Waals surface area contributed by atoms with E-state index in [1.165, 1.54) is 5.56 Å². The van der Waals surface area contributed by atoms with Crippen molar-refractivity contribution in [2.75, 3.05) is 7.11 Å². The van der Waals surface area contributed by atoms with Gasteiger partial charge in [0.1, 0.15) is 5.75 Å². The second-order valence-electron chi connectivity index (χ2n) is 6.92. The van der Waals surface area contributed by atoms with Crippen molar-refractivity contribution >= 4 is 18.1 Å². The average Bonchev–Trinajstić information content (AvgIpc) is 3.11. The van der Waals surface area contributed by atoms with Crippen molar-refractivity contribution in [3.05, 3.63) is 64.4 Å². The minimum absolute atomic E-state index is 0.00137. The van der Waals surface area contributed by atoms with Crippen molar-refractivity contribution in [1.82, 2.24) is 20.1 Å². The first-order chi connectivity index (χ1) is 14.0. The molecule has 1 aromatic heterocycles. The molecule has 0 fully saturated rings. The average molecular weight is 411 g/mol. The number of rotatable bonds is 8. The largest absolute Gasteiger partial charge is 0.497 e. The molecule has 1 heterocycles. The Balaban J connectivity index is 1.67. The van der Waals surface area contributed by atoms with Gasteiger partial charge in [0, 0.05) is 18.5 Å². The van der Waals surface area contributed by atoms with Crippen LogP contribution in [-0.2, 0) is 11.3 Å². The molecule has 0 spiro atoms. The standard InChI is InChI=1S/C22H26N4O2S/c1-4-19(16-7-5-15(2)6-8-16)23-20(27)13-14-26-21(24-25-22(26)29)17-9-11-18(28-3)12-10-17/h5-12,19H,4,13-14H2,1-3H3,(H,23,27)(H,25,29). The normalized spacial score (nSPS) is 11.8. The molecule has 2 aromatic carbocycles. The van der Waals surface area contributed by atoms with Gasteiger partial charge >= 0.3 is 0 Å². The summed E-state index contributed by atoms with van der Waals surface area (Å²) >= 11 is 5.36. The van der Waals surface area contributed by atoms with Gasteiger partial charge in [-0.1, -0.05) is 36.8 Å². The van der Waals surface area contributed by atoms with Crippen LogP contribution in [0.25, 0.3) is 11.4 Å². The molecule has 7 heteroatoms. The molecule has 1 unspecified atom stereocenters. The molecule has 6 nitrogen and oxygen atoms in total. The lowest BCUT2D eigenvalue weighted by Gasteiger charge is -2.18. The molecule has 0 aliphatic rings. The SMILES string of the molecule is CCC(NC(=O)CCn1c(-c2ccc(OC)cc2)n[nH]c1=S)c1ccc(C)cc1. The summed E-state index contributed by atoms with van der Waals surface area (Å²) in [5.74, 6) is 1.47. The van der Waals surface area contributed by atoms with Gasteiger partial charge in [0.25, 0.3) is 0 Å². The van der Waals surface area contributed by atoms with E-state index in [-0.39, 0.29) is 11.9 Å². The maximum atomic E-state index is 12.6. The lowest BCUT2D eigenvalue weighted by atomic mass is 10.0. The number of carbonyl (C=O) groups excluding carboxylic acids is 1. The predicted molar refractivity (Wildman–Crippen MR) is 116 cm³/mol. The van der Waals surface area contributed by atoms with Gasteiger partial charge in [0.2, 0.25) is 5.91 Å². The van der Waals surface area contributed by atoms with E-state index in [4.69, 9.17) is 17.0 Å². The van der Waals surface area contributed by atoms with Gasteiger partial charge in [0.05, 0.1) is 13.2 Å². The molecular weight excluding hydrogens is 384 g/mol. The molecule has 0 aliphatic carbocycles. The van der Waals surface area contributed by atoms with Crippen LogP contribution in [0.5, 0.6) is 5.75 Å². The van der Waals surface area contributed by atoms with Crippen LogP contribution in [0.2, 0.25) is 0 Å². The van der Waals surface area contributed by atoms with Crippen molar-refractivity contribution in [3.8, 4) is 17.1 Å². The third-order valence-electron chi connectivity index (χ3n) is 4.89. The highest BCUT2D eigenvalue weighted by Gasteiger charge is 2.15. The lowest BCUT2D eigenvalue weighted by molar-refractivity contribution is -0.122. The first-order valence-electron chi connectivity index (χ1n) is 9.67. The van der Waals surface area contributed by atoms with Crippen LogP contribution < -0.4 is 10.1 Å². The first kappa shape index (κ1) is 20.8. The van der Waals surface area contributed by atoms with Gasteiger partial charge in [-0.05, 0) is 55.4 Å². The Kier molecular flexibility index (Phi) is 6.82. The smallest absolute Gasteiger partial charge is 0.222 e. The Morgan fingerprint density at radius 2 is 1.90 bits per heavy atom. The van der Waals surface area contributed by atoms with Gasteiger partial charge in [0.15, 0.2) is 10.6 Å². The molecule has 3 aromatic rings. The molecule has 2 N–H and O–H groups in total. The number of H-pyrrole nitrogens is 1. The van der Waals surface area contributed by atoms with Crippen molar-refractivity contribution < 1.29 is 9.53 Å². The summed E-state index contributed by atoms with van der Waals surface area (Å²) in [6, 6.07) is 15.9. The predicted octanol–water partition coefficient (Wildman–Crippen LogP) is 4.58. The number of aromatic amines is 1. The quantitative estimate of drug-likeness (QED) is 0.533. The van der Waals surface area contributed by atoms with E-state index in [9.17, 15) is 4.79 Å². The Morgan fingerprint density at radius 1 is 1.21 bits per heavy atom. The monoisotopic (exact) mass is 410 g/mol. The van der Waals surface area contributed by atoms with Crippen LogP contribution in [0.15, 0.2) is 48.5 Å². The van der Waals surface area contributed by atoms with Gasteiger partial charge in [-0.3, -0.25) is 14.5 Å². The van der Waals surface area contributed by atoms with Crippen LogP contribution in [-0.4, -0.2) is 27.8 Å². The van der Waals surface area contributed by atoms with Crippen molar-refractivity contribution in [2.24, 2.45) is 0 Å². The second kappa shape index (κ2) is 9.52. The third kappa shape index (κ3) is 5.12. The summed E-state index contributed by atoms with van der Waals surface area (Å²) in [4.78, 5) is 12.6. The Hall–Kier alpha value is -2.93.